The van der Waals surface area contributed by atoms with E-state index in [1.54, 1.807) is 23.9 Å². The molecule has 138 valence electrons. The third-order valence-electron chi connectivity index (χ3n) is 4.04. The van der Waals surface area contributed by atoms with Gasteiger partial charge in [-0.2, -0.15) is 16.1 Å². The molecule has 0 bridgehead atoms. The first-order valence-electron chi connectivity index (χ1n) is 7.88. The highest BCUT2D eigenvalue weighted by Gasteiger charge is 2.27. The number of carboxylic acids is 1. The number of nitrogens with zero attached hydrogens (tertiary/aromatic N) is 2. The monoisotopic (exact) mass is 394 g/mol. The number of carboxylic acid groups (broad SMARTS) is 1. The van der Waals surface area contributed by atoms with Crippen LogP contribution in [0.5, 0.6) is 5.88 Å². The van der Waals surface area contributed by atoms with Crippen molar-refractivity contribution in [2.75, 3.05) is 31.7 Å². The van der Waals surface area contributed by atoms with Crippen molar-refractivity contribution in [2.24, 2.45) is 0 Å². The molecule has 0 amide bonds. The van der Waals surface area contributed by atoms with Gasteiger partial charge in [-0.05, 0) is 29.8 Å². The molecule has 7 nitrogen and oxygen atoms in total. The van der Waals surface area contributed by atoms with Gasteiger partial charge in [0.1, 0.15) is 0 Å². The molecule has 2 aromatic rings. The molecule has 0 aliphatic carbocycles. The summed E-state index contributed by atoms with van der Waals surface area (Å²) in [6, 6.07) is 7.49. The lowest BCUT2D eigenvalue weighted by Gasteiger charge is -2.26. The van der Waals surface area contributed by atoms with E-state index in [1.807, 2.05) is 0 Å². The Morgan fingerprint density at radius 1 is 1.19 bits per heavy atom. The summed E-state index contributed by atoms with van der Waals surface area (Å²) in [6.45, 7) is 0.841. The fraction of sp³-hybridized carbons (Fsp3) is 0.294. The normalized spacial score (nSPS) is 15.6. The number of thioether (sulfide) groups is 1. The van der Waals surface area contributed by atoms with E-state index in [4.69, 9.17) is 4.74 Å². The quantitative estimate of drug-likeness (QED) is 0.830. The van der Waals surface area contributed by atoms with Gasteiger partial charge in [0.15, 0.2) is 0 Å². The van der Waals surface area contributed by atoms with Crippen molar-refractivity contribution in [3.63, 3.8) is 0 Å². The highest BCUT2D eigenvalue weighted by molar-refractivity contribution is 7.99. The molecule has 1 aliphatic heterocycles. The molecule has 1 aliphatic rings. The van der Waals surface area contributed by atoms with Gasteiger partial charge in [-0.25, -0.2) is 18.2 Å². The number of hydrogen-bond donors (Lipinski definition) is 1. The molecule has 0 unspecified atom stereocenters. The lowest BCUT2D eigenvalue weighted by molar-refractivity contribution is 0.0696. The van der Waals surface area contributed by atoms with Gasteiger partial charge in [0.05, 0.1) is 17.6 Å². The van der Waals surface area contributed by atoms with E-state index in [-0.39, 0.29) is 10.5 Å². The summed E-state index contributed by atoms with van der Waals surface area (Å²) in [5, 5.41) is 9.39. The van der Waals surface area contributed by atoms with Crippen LogP contribution in [0.3, 0.4) is 0 Å². The minimum atomic E-state index is -3.75. The number of sulfonamides is 1. The van der Waals surface area contributed by atoms with Crippen molar-refractivity contribution in [1.29, 1.82) is 0 Å². The summed E-state index contributed by atoms with van der Waals surface area (Å²) in [4.78, 5) is 15.6. The molecule has 0 atom stereocenters. The predicted molar refractivity (Wildman–Crippen MR) is 99.3 cm³/mol. The van der Waals surface area contributed by atoms with Gasteiger partial charge in [-0.1, -0.05) is 0 Å². The van der Waals surface area contributed by atoms with Crippen LogP contribution < -0.4 is 4.74 Å². The number of hydrogen-bond acceptors (Lipinski definition) is 6. The molecule has 2 heterocycles. The van der Waals surface area contributed by atoms with Gasteiger partial charge < -0.3 is 9.84 Å². The molecule has 1 saturated heterocycles. The fourth-order valence-corrected chi connectivity index (χ4v) is 5.29. The predicted octanol–water partition coefficient (Wildman–Crippen LogP) is 2.19. The van der Waals surface area contributed by atoms with Crippen LogP contribution >= 0.6 is 11.8 Å². The van der Waals surface area contributed by atoms with Crippen LogP contribution in [0.15, 0.2) is 41.4 Å². The lowest BCUT2D eigenvalue weighted by atomic mass is 10.0. The standard InChI is InChI=1S/C17H18N2O5S2/c1-24-16-3-2-12(11-18-16)13-8-14(17(20)21)10-15(9-13)26(22,23)19-4-6-25-7-5-19/h2-3,8-11H,4-7H2,1H3,(H,20,21). The molecule has 0 radical (unpaired) electrons. The first-order chi connectivity index (χ1) is 12.4. The second-order valence-electron chi connectivity index (χ2n) is 5.66. The Kier molecular flexibility index (Phi) is 5.49. The van der Waals surface area contributed by atoms with E-state index in [0.29, 0.717) is 30.1 Å². The van der Waals surface area contributed by atoms with Gasteiger partial charge in [0.25, 0.3) is 0 Å². The van der Waals surface area contributed by atoms with Crippen LogP contribution in [-0.2, 0) is 10.0 Å². The van der Waals surface area contributed by atoms with Gasteiger partial charge in [-0.3, -0.25) is 0 Å². The minimum absolute atomic E-state index is 0.0184. The van der Waals surface area contributed by atoms with E-state index >= 15 is 0 Å². The molecule has 26 heavy (non-hydrogen) atoms. The molecule has 0 spiro atoms. The Bertz CT molecular complexity index is 907. The SMILES string of the molecule is COc1ccc(-c2cc(C(=O)O)cc(S(=O)(=O)N3CCSCC3)c2)cn1. The number of methoxy groups -OCH3 is 1. The van der Waals surface area contributed by atoms with Crippen LogP contribution in [0, 0.1) is 0 Å². The second kappa shape index (κ2) is 7.65. The molecule has 1 fully saturated rings. The summed E-state index contributed by atoms with van der Waals surface area (Å²) < 4.78 is 32.3. The lowest BCUT2D eigenvalue weighted by Crippen LogP contribution is -2.37. The topological polar surface area (TPSA) is 96.8 Å². The molecule has 9 heteroatoms. The molecular weight excluding hydrogens is 376 g/mol. The molecular formula is C17H18N2O5S2. The van der Waals surface area contributed by atoms with Gasteiger partial charge in [-0.15, -0.1) is 0 Å². The number of rotatable bonds is 5. The summed E-state index contributed by atoms with van der Waals surface area (Å²) in [6.07, 6.45) is 1.52. The number of benzene rings is 1. The number of aromatic nitrogens is 1. The Hall–Kier alpha value is -2.10. The second-order valence-corrected chi connectivity index (χ2v) is 8.82. The van der Waals surface area contributed by atoms with E-state index in [9.17, 15) is 18.3 Å². The van der Waals surface area contributed by atoms with Crippen LogP contribution in [0.4, 0.5) is 0 Å². The largest absolute Gasteiger partial charge is 0.481 e. The van der Waals surface area contributed by atoms with Gasteiger partial charge in [0.2, 0.25) is 15.9 Å². The number of carbonyl (C=O) groups is 1. The Balaban J connectivity index is 2.07. The van der Waals surface area contributed by atoms with E-state index < -0.39 is 16.0 Å². The summed E-state index contributed by atoms with van der Waals surface area (Å²) in [5.74, 6) is 0.695. The molecule has 3 rings (SSSR count). The molecule has 1 aromatic heterocycles. The molecule has 1 aromatic carbocycles. The highest BCUT2D eigenvalue weighted by Crippen LogP contribution is 2.28. The van der Waals surface area contributed by atoms with E-state index in [2.05, 4.69) is 4.98 Å². The van der Waals surface area contributed by atoms with Crippen molar-refractivity contribution in [3.8, 4) is 17.0 Å². The summed E-state index contributed by atoms with van der Waals surface area (Å²) >= 11 is 1.70. The first-order valence-corrected chi connectivity index (χ1v) is 10.5. The van der Waals surface area contributed by atoms with Crippen molar-refractivity contribution >= 4 is 27.8 Å². The van der Waals surface area contributed by atoms with Crippen molar-refractivity contribution in [1.82, 2.24) is 9.29 Å². The Morgan fingerprint density at radius 2 is 1.92 bits per heavy atom. The average Bonchev–Trinajstić information content (AvgIpc) is 2.68. The van der Waals surface area contributed by atoms with Crippen molar-refractivity contribution < 1.29 is 23.1 Å². The Morgan fingerprint density at radius 3 is 2.50 bits per heavy atom. The number of ether oxygens (including phenoxy) is 1. The molecule has 1 N–H and O–H groups in total. The smallest absolute Gasteiger partial charge is 0.335 e. The van der Waals surface area contributed by atoms with Crippen LogP contribution in [0.1, 0.15) is 10.4 Å². The maximum absolute atomic E-state index is 12.9. The minimum Gasteiger partial charge on any atom is -0.481 e. The zero-order valence-corrected chi connectivity index (χ0v) is 15.7. The highest BCUT2D eigenvalue weighted by atomic mass is 32.2. The fourth-order valence-electron chi connectivity index (χ4n) is 2.65. The van der Waals surface area contributed by atoms with Crippen molar-refractivity contribution in [3.05, 3.63) is 42.1 Å². The van der Waals surface area contributed by atoms with E-state index in [1.165, 1.54) is 35.8 Å². The maximum atomic E-state index is 12.9. The third kappa shape index (κ3) is 3.84. The van der Waals surface area contributed by atoms with Crippen molar-refractivity contribution in [2.45, 2.75) is 4.90 Å². The zero-order chi connectivity index (χ0) is 18.7. The summed E-state index contributed by atoms with van der Waals surface area (Å²) in [7, 11) is -2.26. The third-order valence-corrected chi connectivity index (χ3v) is 6.86. The first kappa shape index (κ1) is 18.7. The van der Waals surface area contributed by atoms with Crippen LogP contribution in [0.25, 0.3) is 11.1 Å². The zero-order valence-electron chi connectivity index (χ0n) is 14.1. The maximum Gasteiger partial charge on any atom is 0.335 e. The summed E-state index contributed by atoms with van der Waals surface area (Å²) in [5.41, 5.74) is 1.01. The molecule has 0 saturated carbocycles. The Labute approximate surface area is 156 Å². The average molecular weight is 394 g/mol. The number of aromatic carboxylic acids is 1. The van der Waals surface area contributed by atoms with Crippen LogP contribution in [0.2, 0.25) is 0 Å². The van der Waals surface area contributed by atoms with Gasteiger partial charge in [0, 0.05) is 42.4 Å². The van der Waals surface area contributed by atoms with Gasteiger partial charge >= 0.3 is 5.97 Å². The van der Waals surface area contributed by atoms with Crippen LogP contribution in [-0.4, -0.2) is 60.5 Å². The number of pyridine rings is 1. The van der Waals surface area contributed by atoms with E-state index in [0.717, 1.165) is 11.5 Å².